The largest absolute Gasteiger partial charge is 0.502 e. The fourth-order valence-electron chi connectivity index (χ4n) is 6.99. The highest BCUT2D eigenvalue weighted by atomic mass is 79.9. The minimum absolute atomic E-state index is 0.113. The average molecular weight is 1440 g/mol. The van der Waals surface area contributed by atoms with Gasteiger partial charge in [0.2, 0.25) is 22.0 Å². The van der Waals surface area contributed by atoms with E-state index in [2.05, 4.69) is 35.3 Å². The van der Waals surface area contributed by atoms with E-state index in [0.29, 0.717) is 86.3 Å². The molecule has 0 bridgehead atoms. The first-order valence-electron chi connectivity index (χ1n) is 27.3. The number of methoxy groups -OCH3 is 2. The number of hydrogen-bond donors (Lipinski definition) is 6. The molecule has 488 valence electrons. The summed E-state index contributed by atoms with van der Waals surface area (Å²) in [5.74, 6) is 2.29. The Labute approximate surface area is 566 Å². The number of nitrogens with one attached hydrogen (secondary N) is 1. The van der Waals surface area contributed by atoms with Gasteiger partial charge in [-0.2, -0.15) is 0 Å². The number of aliphatic hydroxyl groups excluding tert-OH is 4. The fourth-order valence-corrected chi connectivity index (χ4v) is 7.99. The second-order valence-corrected chi connectivity index (χ2v) is 21.4. The lowest BCUT2D eigenvalue weighted by molar-refractivity contribution is 0.111. The van der Waals surface area contributed by atoms with Crippen molar-refractivity contribution < 1.29 is 67.6 Å². The van der Waals surface area contributed by atoms with Crippen LogP contribution in [0.5, 0.6) is 40.2 Å². The first-order valence-corrected chi connectivity index (χ1v) is 30.3. The topological polar surface area (TPSA) is 293 Å². The van der Waals surface area contributed by atoms with Crippen LogP contribution in [0.4, 0.5) is 0 Å². The highest BCUT2D eigenvalue weighted by molar-refractivity contribution is 9.08. The molecule has 0 radical (unpaired) electrons. The molecule has 93 heavy (non-hydrogen) atoms. The zero-order valence-corrected chi connectivity index (χ0v) is 54.9. The fraction of sp³-hybridized carbons (Fsp3) is 0.164. The van der Waals surface area contributed by atoms with Crippen LogP contribution in [0.3, 0.4) is 0 Å². The van der Waals surface area contributed by atoms with Gasteiger partial charge in [0.1, 0.15) is 69.4 Å². The highest BCUT2D eigenvalue weighted by Crippen LogP contribution is 2.29. The molecule has 0 aliphatic rings. The Balaban J connectivity index is 0.000000206. The van der Waals surface area contributed by atoms with Crippen LogP contribution in [0.15, 0.2) is 206 Å². The zero-order valence-electron chi connectivity index (χ0n) is 49.6. The summed E-state index contributed by atoms with van der Waals surface area (Å²) in [5, 5.41) is 48.1. The molecule has 0 atom stereocenters. The van der Waals surface area contributed by atoms with Crippen LogP contribution in [-0.4, -0.2) is 61.0 Å². The second kappa shape index (κ2) is 41.0. The quantitative estimate of drug-likeness (QED) is 0.0305. The summed E-state index contributed by atoms with van der Waals surface area (Å²) < 4.78 is 41.9. The van der Waals surface area contributed by atoms with Crippen LogP contribution >= 0.6 is 73.9 Å². The number of aromatic amines is 1. The molecule has 6 N–H and O–H groups in total. The van der Waals surface area contributed by atoms with Crippen molar-refractivity contribution in [3.8, 4) is 40.2 Å². The van der Waals surface area contributed by atoms with Gasteiger partial charge in [-0.15, -0.1) is 0 Å². The highest BCUT2D eigenvalue weighted by Gasteiger charge is 2.10. The molecule has 0 amide bonds. The first kappa shape index (κ1) is 75.0. The lowest BCUT2D eigenvalue weighted by atomic mass is 10.2. The van der Waals surface area contributed by atoms with Gasteiger partial charge in [-0.25, -0.2) is 4.98 Å². The molecule has 0 spiro atoms. The summed E-state index contributed by atoms with van der Waals surface area (Å²) in [4.78, 5) is 55.1. The standard InChI is InChI=1S/C14H14ClNO3.C14H12ClNO3.C13H12ClNO3.C13H11ClO4.C7H6BrCl.C6H6O4/c2*1-18-13-6-12(8-17)16-7-14(13)19-9-10-2-4-11(15)5-3-10;14-10-3-1-9(2-4-10)8-18-13-6-15-11(7-16)5-12(13)17;14-10-3-1-9(2-4-10)7-18-13-8-17-11(6-15)5-12(13)16;8-5-6-1-3-7(9)4-2-6;7-2-4-1-5(8)6(9)3-10-4/h2-7,17H,8-9H2,1H3;2-8H,9H2,1H3;1-6,16H,7-8H2,(H,15,17);1-5,8,15H,6-7H2;1-4H,5H2;1,3,7,9H,2H2. The van der Waals surface area contributed by atoms with E-state index < -0.39 is 11.2 Å². The number of halogens is 6. The Hall–Kier alpha value is -8.71. The molecule has 0 unspecified atom stereocenters. The van der Waals surface area contributed by atoms with Crippen LogP contribution in [0.25, 0.3) is 0 Å². The van der Waals surface area contributed by atoms with E-state index in [0.717, 1.165) is 44.9 Å². The molecule has 0 saturated heterocycles. The molecular formula is C67H61BrCl5N3O17. The van der Waals surface area contributed by atoms with E-state index in [1.54, 1.807) is 55.8 Å². The summed E-state index contributed by atoms with van der Waals surface area (Å²) in [7, 11) is 3.06. The van der Waals surface area contributed by atoms with Crippen molar-refractivity contribution >= 4 is 80.2 Å². The van der Waals surface area contributed by atoms with Crippen LogP contribution in [-0.2, 0) is 58.2 Å². The minimum atomic E-state index is -0.546. The van der Waals surface area contributed by atoms with Gasteiger partial charge in [0.15, 0.2) is 40.8 Å². The number of pyridine rings is 3. The Morgan fingerprint density at radius 3 is 1.23 bits per heavy atom. The first-order chi connectivity index (χ1) is 44.9. The third-order valence-corrected chi connectivity index (χ3v) is 13.8. The second-order valence-electron chi connectivity index (χ2n) is 18.6. The van der Waals surface area contributed by atoms with Gasteiger partial charge in [0.25, 0.3) is 0 Å². The lowest BCUT2D eigenvalue weighted by Gasteiger charge is -2.11. The maximum absolute atomic E-state index is 11.6. The van der Waals surface area contributed by atoms with Crippen molar-refractivity contribution in [3.05, 3.63) is 295 Å². The number of aldehydes is 1. The molecule has 5 aromatic carbocycles. The van der Waals surface area contributed by atoms with Gasteiger partial charge in [0.05, 0.1) is 45.5 Å². The molecule has 0 fully saturated rings. The van der Waals surface area contributed by atoms with Crippen molar-refractivity contribution in [3.63, 3.8) is 0 Å². The molecule has 0 aliphatic heterocycles. The van der Waals surface area contributed by atoms with Crippen molar-refractivity contribution in [2.45, 2.75) is 58.2 Å². The number of H-pyrrole nitrogens is 1. The van der Waals surface area contributed by atoms with Crippen LogP contribution in [0.1, 0.15) is 61.2 Å². The summed E-state index contributed by atoms with van der Waals surface area (Å²) in [6.07, 6.45) is 7.21. The van der Waals surface area contributed by atoms with Gasteiger partial charge < -0.3 is 67.8 Å². The minimum Gasteiger partial charge on any atom is -0.502 e. The molecular weight excluding hydrogens is 1380 g/mol. The van der Waals surface area contributed by atoms with Gasteiger partial charge in [-0.05, 0) is 88.5 Å². The number of rotatable bonds is 20. The molecule has 26 heteroatoms. The van der Waals surface area contributed by atoms with Crippen molar-refractivity contribution in [1.29, 1.82) is 0 Å². The Bertz CT molecular complexity index is 3950. The number of benzene rings is 5. The van der Waals surface area contributed by atoms with Crippen LogP contribution < -0.4 is 44.7 Å². The molecule has 0 aliphatic carbocycles. The number of hydrogen-bond acceptors (Lipinski definition) is 19. The molecule has 0 saturated carbocycles. The number of alkyl halides is 1. The van der Waals surface area contributed by atoms with E-state index in [9.17, 15) is 19.2 Å². The van der Waals surface area contributed by atoms with Crippen molar-refractivity contribution in [2.75, 3.05) is 14.2 Å². The van der Waals surface area contributed by atoms with Crippen molar-refractivity contribution in [1.82, 2.24) is 15.0 Å². The van der Waals surface area contributed by atoms with Crippen LogP contribution in [0, 0.1) is 0 Å². The summed E-state index contributed by atoms with van der Waals surface area (Å²) >= 11 is 32.1. The van der Waals surface area contributed by atoms with Gasteiger partial charge in [-0.3, -0.25) is 24.2 Å². The van der Waals surface area contributed by atoms with E-state index in [4.69, 9.17) is 116 Å². The Kier molecular flexibility index (Phi) is 33.1. The number of carbonyl (C=O) groups is 1. The SMILES string of the molecule is COc1cc(C=O)ncc1OCc1ccc(Cl)cc1.COc1cc(CO)ncc1OCc1ccc(Cl)cc1.Clc1ccc(CBr)cc1.O=c1cc(CO)[nH]cc1OCc1ccc(Cl)cc1.O=c1cc(CO)occ1O.O=c1cc(CO)occ1OCc1ccc(Cl)cc1. The number of nitrogens with zero attached hydrogens (tertiary/aromatic N) is 2. The monoisotopic (exact) mass is 1430 g/mol. The average Bonchev–Trinajstić information content (AvgIpc) is 1.68. The van der Waals surface area contributed by atoms with E-state index in [1.807, 2.05) is 84.9 Å². The maximum Gasteiger partial charge on any atom is 0.227 e. The third kappa shape index (κ3) is 27.2. The molecule has 5 heterocycles. The molecule has 10 aromatic rings. The molecule has 5 aromatic heterocycles. The van der Waals surface area contributed by atoms with Gasteiger partial charge >= 0.3 is 0 Å². The maximum atomic E-state index is 11.6. The third-order valence-electron chi connectivity index (χ3n) is 11.9. The Morgan fingerprint density at radius 1 is 0.462 bits per heavy atom. The van der Waals surface area contributed by atoms with Gasteiger partial charge in [-0.1, -0.05) is 135 Å². The number of ether oxygens (including phenoxy) is 6. The van der Waals surface area contributed by atoms with E-state index >= 15 is 0 Å². The molecule has 10 rings (SSSR count). The van der Waals surface area contributed by atoms with Gasteiger partial charge in [0, 0.05) is 72.7 Å². The molecule has 20 nitrogen and oxygen atoms in total. The van der Waals surface area contributed by atoms with Crippen LogP contribution in [0.2, 0.25) is 25.1 Å². The normalized spacial score (nSPS) is 10.1. The number of aromatic hydroxyl groups is 1. The predicted octanol–water partition coefficient (Wildman–Crippen LogP) is 13.5. The summed E-state index contributed by atoms with van der Waals surface area (Å²) in [6, 6.07) is 43.6. The number of carbonyl (C=O) groups excluding carboxylic acids is 1. The number of aliphatic hydroxyl groups is 4. The summed E-state index contributed by atoms with van der Waals surface area (Å²) in [5.41, 5.74) is 5.21. The summed E-state index contributed by atoms with van der Waals surface area (Å²) in [6.45, 7) is 0.325. The zero-order chi connectivity index (χ0) is 67.5. The smallest absolute Gasteiger partial charge is 0.227 e. The Morgan fingerprint density at radius 2 is 0.849 bits per heavy atom. The van der Waals surface area contributed by atoms with Crippen molar-refractivity contribution in [2.24, 2.45) is 0 Å². The predicted molar refractivity (Wildman–Crippen MR) is 357 cm³/mol. The van der Waals surface area contributed by atoms with E-state index in [-0.39, 0.29) is 66.9 Å². The lowest BCUT2D eigenvalue weighted by Crippen LogP contribution is -2.09. The van der Waals surface area contributed by atoms with E-state index in [1.165, 1.54) is 49.5 Å². The number of aromatic nitrogens is 3.